The van der Waals surface area contributed by atoms with Gasteiger partial charge in [0.1, 0.15) is 0 Å². The molecular weight excluding hydrogens is 404 g/mol. The average molecular weight is 416 g/mol. The Morgan fingerprint density at radius 3 is 1.96 bits per heavy atom. The second-order valence-corrected chi connectivity index (χ2v) is 6.87. The maximum Gasteiger partial charge on any atom is 0.278 e. The van der Waals surface area contributed by atoms with Crippen LogP contribution in [0.2, 0.25) is 5.15 Å². The summed E-state index contributed by atoms with van der Waals surface area (Å²) < 4.78 is 2.09. The van der Waals surface area contributed by atoms with Crippen LogP contribution in [-0.4, -0.2) is 14.9 Å². The normalized spacial score (nSPS) is 11.3. The molecule has 0 radical (unpaired) electrons. The van der Waals surface area contributed by atoms with E-state index in [4.69, 9.17) is 11.6 Å². The predicted molar refractivity (Wildman–Crippen MR) is 104 cm³/mol. The summed E-state index contributed by atoms with van der Waals surface area (Å²) in [5.74, 6) is -0.303. The predicted octanol–water partition coefficient (Wildman–Crippen LogP) is 4.88. The second-order valence-electron chi connectivity index (χ2n) is 5.72. The first kappa shape index (κ1) is 16.1. The standard InChI is InChI=1S/C19H12BrClN2O2/c1-23-19(25)15(17(24)18(21)22-23)14-10-6-2-4-8-12(10)16(20)13-9-5-3-7-11(13)14/h2-9,24H,1H3. The summed E-state index contributed by atoms with van der Waals surface area (Å²) in [7, 11) is 1.51. The quantitative estimate of drug-likeness (QED) is 0.451. The average Bonchev–Trinajstić information content (AvgIpc) is 2.63. The second kappa shape index (κ2) is 5.86. The molecule has 0 saturated carbocycles. The molecule has 0 spiro atoms. The van der Waals surface area contributed by atoms with Crippen LogP contribution in [0.5, 0.6) is 5.75 Å². The van der Waals surface area contributed by atoms with E-state index in [1.807, 2.05) is 48.5 Å². The Labute approximate surface area is 156 Å². The molecule has 4 nitrogen and oxygen atoms in total. The van der Waals surface area contributed by atoms with Gasteiger partial charge in [0.25, 0.3) is 5.56 Å². The summed E-state index contributed by atoms with van der Waals surface area (Å²) in [5, 5.41) is 17.9. The number of aromatic nitrogens is 2. The van der Waals surface area contributed by atoms with Crippen molar-refractivity contribution in [1.29, 1.82) is 0 Å². The van der Waals surface area contributed by atoms with Gasteiger partial charge in [-0.15, -0.1) is 0 Å². The Balaban J connectivity index is 2.34. The molecule has 0 aliphatic carbocycles. The van der Waals surface area contributed by atoms with Gasteiger partial charge in [-0.05, 0) is 37.5 Å². The van der Waals surface area contributed by atoms with Crippen molar-refractivity contribution < 1.29 is 5.11 Å². The number of hydrogen-bond donors (Lipinski definition) is 1. The number of rotatable bonds is 1. The summed E-state index contributed by atoms with van der Waals surface area (Å²) in [6, 6.07) is 15.5. The van der Waals surface area contributed by atoms with E-state index >= 15 is 0 Å². The highest BCUT2D eigenvalue weighted by molar-refractivity contribution is 9.10. The largest absolute Gasteiger partial charge is 0.504 e. The Morgan fingerprint density at radius 2 is 1.44 bits per heavy atom. The van der Waals surface area contributed by atoms with Crippen LogP contribution in [0.1, 0.15) is 0 Å². The van der Waals surface area contributed by atoms with Gasteiger partial charge in [-0.3, -0.25) is 4.79 Å². The Morgan fingerprint density at radius 1 is 0.960 bits per heavy atom. The first-order chi connectivity index (χ1) is 12.0. The lowest BCUT2D eigenvalue weighted by Gasteiger charge is -2.15. The number of aryl methyl sites for hydroxylation is 1. The zero-order chi connectivity index (χ0) is 17.7. The molecule has 4 rings (SSSR count). The van der Waals surface area contributed by atoms with E-state index in [0.29, 0.717) is 5.56 Å². The van der Waals surface area contributed by atoms with Gasteiger partial charge in [-0.25, -0.2) is 4.68 Å². The van der Waals surface area contributed by atoms with Crippen molar-refractivity contribution >= 4 is 49.1 Å². The summed E-state index contributed by atoms with van der Waals surface area (Å²) in [5.41, 5.74) is 0.402. The molecule has 1 aromatic heterocycles. The van der Waals surface area contributed by atoms with Gasteiger partial charge in [0.15, 0.2) is 10.9 Å². The fourth-order valence-corrected chi connectivity index (χ4v) is 4.06. The monoisotopic (exact) mass is 414 g/mol. The van der Waals surface area contributed by atoms with E-state index in [-0.39, 0.29) is 16.5 Å². The van der Waals surface area contributed by atoms with Crippen molar-refractivity contribution in [2.45, 2.75) is 0 Å². The molecule has 3 aromatic carbocycles. The van der Waals surface area contributed by atoms with Gasteiger partial charge < -0.3 is 5.11 Å². The van der Waals surface area contributed by atoms with Crippen LogP contribution >= 0.6 is 27.5 Å². The van der Waals surface area contributed by atoms with E-state index in [1.165, 1.54) is 7.05 Å². The van der Waals surface area contributed by atoms with E-state index in [9.17, 15) is 9.90 Å². The van der Waals surface area contributed by atoms with E-state index in [0.717, 1.165) is 30.7 Å². The fourth-order valence-electron chi connectivity index (χ4n) is 3.16. The van der Waals surface area contributed by atoms with E-state index < -0.39 is 5.56 Å². The summed E-state index contributed by atoms with van der Waals surface area (Å²) in [6.07, 6.45) is 0. The minimum absolute atomic E-state index is 0.104. The van der Waals surface area contributed by atoms with E-state index in [2.05, 4.69) is 21.0 Å². The van der Waals surface area contributed by atoms with Crippen LogP contribution in [0.3, 0.4) is 0 Å². The fraction of sp³-hybridized carbons (Fsp3) is 0.0526. The van der Waals surface area contributed by atoms with Crippen LogP contribution in [0.15, 0.2) is 57.8 Å². The van der Waals surface area contributed by atoms with Crippen LogP contribution in [0, 0.1) is 0 Å². The molecule has 0 unspecified atom stereocenters. The Hall–Kier alpha value is -2.37. The molecule has 6 heteroatoms. The molecule has 0 aliphatic heterocycles. The first-order valence-corrected chi connectivity index (χ1v) is 8.73. The molecule has 124 valence electrons. The molecule has 25 heavy (non-hydrogen) atoms. The Bertz CT molecular complexity index is 1160. The Kier molecular flexibility index (Phi) is 3.78. The van der Waals surface area contributed by atoms with Gasteiger partial charge in [-0.1, -0.05) is 60.1 Å². The molecule has 0 saturated heterocycles. The van der Waals surface area contributed by atoms with Gasteiger partial charge in [-0.2, -0.15) is 5.10 Å². The van der Waals surface area contributed by atoms with Gasteiger partial charge in [0.2, 0.25) is 0 Å². The molecule has 4 aromatic rings. The molecule has 0 atom stereocenters. The minimum atomic E-state index is -0.403. The summed E-state index contributed by atoms with van der Waals surface area (Å²) in [6.45, 7) is 0. The van der Waals surface area contributed by atoms with Crippen LogP contribution in [0.25, 0.3) is 32.7 Å². The zero-order valence-electron chi connectivity index (χ0n) is 13.1. The van der Waals surface area contributed by atoms with Crippen molar-refractivity contribution in [1.82, 2.24) is 9.78 Å². The number of nitrogens with zero attached hydrogens (tertiary/aromatic N) is 2. The van der Waals surface area contributed by atoms with Crippen LogP contribution < -0.4 is 5.56 Å². The van der Waals surface area contributed by atoms with Gasteiger partial charge >= 0.3 is 0 Å². The molecule has 1 heterocycles. The van der Waals surface area contributed by atoms with E-state index in [1.54, 1.807) is 0 Å². The van der Waals surface area contributed by atoms with Crippen LogP contribution in [0.4, 0.5) is 0 Å². The maximum absolute atomic E-state index is 12.8. The number of hydrogen-bond acceptors (Lipinski definition) is 3. The highest BCUT2D eigenvalue weighted by atomic mass is 79.9. The third kappa shape index (κ3) is 2.34. The molecule has 0 fully saturated rings. The third-order valence-corrected chi connectivity index (χ3v) is 5.40. The molecule has 1 N–H and O–H groups in total. The molecule has 0 aliphatic rings. The third-order valence-electron chi connectivity index (χ3n) is 4.29. The lowest BCUT2D eigenvalue weighted by atomic mass is 9.92. The molecule has 0 amide bonds. The SMILES string of the molecule is Cn1nc(Cl)c(O)c(-c2c3ccccc3c(Br)c3ccccc23)c1=O. The highest BCUT2D eigenvalue weighted by Crippen LogP contribution is 2.43. The van der Waals surface area contributed by atoms with Gasteiger partial charge in [0, 0.05) is 17.1 Å². The van der Waals surface area contributed by atoms with Crippen molar-refractivity contribution in [2.24, 2.45) is 7.05 Å². The number of benzene rings is 3. The number of halogens is 2. The summed E-state index contributed by atoms with van der Waals surface area (Å²) >= 11 is 9.72. The van der Waals surface area contributed by atoms with Gasteiger partial charge in [0.05, 0.1) is 5.56 Å². The maximum atomic E-state index is 12.8. The first-order valence-electron chi connectivity index (χ1n) is 7.55. The van der Waals surface area contributed by atoms with Crippen LogP contribution in [-0.2, 0) is 7.05 Å². The lowest BCUT2D eigenvalue weighted by Crippen LogP contribution is -2.21. The lowest BCUT2D eigenvalue weighted by molar-refractivity contribution is 0.467. The molecule has 0 bridgehead atoms. The van der Waals surface area contributed by atoms with Crippen molar-refractivity contribution in [3.05, 3.63) is 68.5 Å². The zero-order valence-corrected chi connectivity index (χ0v) is 15.5. The number of aromatic hydroxyl groups is 1. The van der Waals surface area contributed by atoms with Crippen molar-refractivity contribution in [3.63, 3.8) is 0 Å². The highest BCUT2D eigenvalue weighted by Gasteiger charge is 2.22. The summed E-state index contributed by atoms with van der Waals surface area (Å²) in [4.78, 5) is 12.8. The topological polar surface area (TPSA) is 55.1 Å². The number of fused-ring (bicyclic) bond motifs is 2. The van der Waals surface area contributed by atoms with Crippen molar-refractivity contribution in [2.75, 3.05) is 0 Å². The smallest absolute Gasteiger partial charge is 0.278 e. The van der Waals surface area contributed by atoms with Crippen molar-refractivity contribution in [3.8, 4) is 16.9 Å². The molecular formula is C19H12BrClN2O2. The minimum Gasteiger partial charge on any atom is -0.504 e.